The van der Waals surface area contributed by atoms with Crippen molar-refractivity contribution in [2.45, 2.75) is 56.5 Å². The third-order valence-corrected chi connectivity index (χ3v) is 5.58. The number of hydrogen-bond acceptors (Lipinski definition) is 8. The molecule has 0 aliphatic rings. The fourth-order valence-electron chi connectivity index (χ4n) is 3.04. The summed E-state index contributed by atoms with van der Waals surface area (Å²) in [4.78, 5) is 60.5. The molecule has 194 valence electrons. The van der Waals surface area contributed by atoms with Crippen molar-refractivity contribution in [1.29, 1.82) is 0 Å². The van der Waals surface area contributed by atoms with Crippen LogP contribution in [0.15, 0.2) is 30.3 Å². The second kappa shape index (κ2) is 15.0. The van der Waals surface area contributed by atoms with E-state index in [1.807, 2.05) is 0 Å². The van der Waals surface area contributed by atoms with Crippen molar-refractivity contribution >= 4 is 41.4 Å². The van der Waals surface area contributed by atoms with Gasteiger partial charge in [-0.15, -0.1) is 0 Å². The molecule has 3 amide bonds. The molecule has 0 bridgehead atoms. The van der Waals surface area contributed by atoms with Gasteiger partial charge in [0.25, 0.3) is 0 Å². The SMILES string of the molecule is CSCCC(NC(=O)C(N)CC(=O)O)C(=O)NC(Cc1ccccc1)C(=O)NC(C(=O)O)C(C)O. The van der Waals surface area contributed by atoms with E-state index in [4.69, 9.17) is 10.8 Å². The minimum Gasteiger partial charge on any atom is -0.481 e. The topological polar surface area (TPSA) is 208 Å². The Hall–Kier alpha value is -3.16. The summed E-state index contributed by atoms with van der Waals surface area (Å²) in [5.41, 5.74) is 6.26. The molecular formula is C22H32N4O8S. The van der Waals surface area contributed by atoms with E-state index in [0.29, 0.717) is 11.3 Å². The monoisotopic (exact) mass is 512 g/mol. The Balaban J connectivity index is 3.09. The Morgan fingerprint density at radius 3 is 2.03 bits per heavy atom. The highest BCUT2D eigenvalue weighted by atomic mass is 32.2. The molecule has 0 aliphatic heterocycles. The van der Waals surface area contributed by atoms with E-state index in [1.54, 1.807) is 36.6 Å². The van der Waals surface area contributed by atoms with Crippen LogP contribution in [0.5, 0.6) is 0 Å². The molecule has 12 nitrogen and oxygen atoms in total. The summed E-state index contributed by atoms with van der Waals surface area (Å²) in [5.74, 6) is -4.66. The van der Waals surface area contributed by atoms with E-state index in [0.717, 1.165) is 0 Å². The molecule has 0 saturated carbocycles. The first-order valence-electron chi connectivity index (χ1n) is 10.8. The third-order valence-electron chi connectivity index (χ3n) is 4.94. The predicted octanol–water partition coefficient (Wildman–Crippen LogP) is -1.30. The lowest BCUT2D eigenvalue weighted by Crippen LogP contribution is -2.59. The highest BCUT2D eigenvalue weighted by molar-refractivity contribution is 7.98. The number of thioether (sulfide) groups is 1. The average molecular weight is 513 g/mol. The summed E-state index contributed by atoms with van der Waals surface area (Å²) < 4.78 is 0. The molecule has 13 heteroatoms. The molecule has 5 unspecified atom stereocenters. The normalized spacial score (nSPS) is 15.1. The van der Waals surface area contributed by atoms with Gasteiger partial charge >= 0.3 is 11.9 Å². The number of carboxylic acid groups (broad SMARTS) is 2. The number of aliphatic carboxylic acids is 2. The Morgan fingerprint density at radius 2 is 1.51 bits per heavy atom. The van der Waals surface area contributed by atoms with Crippen LogP contribution < -0.4 is 21.7 Å². The molecule has 0 spiro atoms. The van der Waals surface area contributed by atoms with Gasteiger partial charge in [-0.2, -0.15) is 11.8 Å². The second-order valence-electron chi connectivity index (χ2n) is 7.86. The Bertz CT molecular complexity index is 883. The van der Waals surface area contributed by atoms with Gasteiger partial charge in [0.2, 0.25) is 17.7 Å². The summed E-state index contributed by atoms with van der Waals surface area (Å²) >= 11 is 1.41. The van der Waals surface area contributed by atoms with Crippen molar-refractivity contribution in [2.75, 3.05) is 12.0 Å². The zero-order valence-electron chi connectivity index (χ0n) is 19.5. The molecule has 0 fully saturated rings. The second-order valence-corrected chi connectivity index (χ2v) is 8.85. The number of rotatable bonds is 15. The van der Waals surface area contributed by atoms with Crippen molar-refractivity contribution in [2.24, 2.45) is 5.73 Å². The highest BCUT2D eigenvalue weighted by Crippen LogP contribution is 2.07. The third kappa shape index (κ3) is 10.8. The van der Waals surface area contributed by atoms with Gasteiger partial charge < -0.3 is 37.0 Å². The lowest BCUT2D eigenvalue weighted by molar-refractivity contribution is -0.145. The largest absolute Gasteiger partial charge is 0.481 e. The van der Waals surface area contributed by atoms with Crippen molar-refractivity contribution in [3.05, 3.63) is 35.9 Å². The molecule has 0 radical (unpaired) electrons. The summed E-state index contributed by atoms with van der Waals surface area (Å²) in [6.45, 7) is 1.21. The van der Waals surface area contributed by atoms with E-state index in [9.17, 15) is 34.2 Å². The minimum absolute atomic E-state index is 0.00623. The summed E-state index contributed by atoms with van der Waals surface area (Å²) in [5, 5.41) is 35.0. The molecule has 0 aromatic heterocycles. The smallest absolute Gasteiger partial charge is 0.328 e. The number of amides is 3. The number of benzene rings is 1. The van der Waals surface area contributed by atoms with Crippen LogP contribution in [0.4, 0.5) is 0 Å². The van der Waals surface area contributed by atoms with Crippen LogP contribution in [0.3, 0.4) is 0 Å². The molecule has 1 rings (SSSR count). The van der Waals surface area contributed by atoms with Gasteiger partial charge in [0.1, 0.15) is 12.1 Å². The van der Waals surface area contributed by atoms with Crippen LogP contribution in [0.1, 0.15) is 25.3 Å². The van der Waals surface area contributed by atoms with E-state index in [1.165, 1.54) is 18.7 Å². The summed E-state index contributed by atoms with van der Waals surface area (Å²) in [7, 11) is 0. The fourth-order valence-corrected chi connectivity index (χ4v) is 3.51. The van der Waals surface area contributed by atoms with Crippen molar-refractivity contribution < 1.29 is 39.3 Å². The molecule has 5 atom stereocenters. The number of hydrogen-bond donors (Lipinski definition) is 7. The molecule has 1 aromatic carbocycles. The number of aliphatic hydroxyl groups is 1. The zero-order chi connectivity index (χ0) is 26.5. The Kier molecular flexibility index (Phi) is 12.8. The lowest BCUT2D eigenvalue weighted by Gasteiger charge is -2.25. The standard InChI is InChI=1S/C22H32N4O8S/c1-12(27)18(22(33)34)26-21(32)16(10-13-6-4-3-5-7-13)25-20(31)15(8-9-35-2)24-19(30)14(23)11-17(28)29/h3-7,12,14-16,18,27H,8-11,23H2,1-2H3,(H,24,30)(H,25,31)(H,26,32)(H,28,29)(H,33,34). The van der Waals surface area contributed by atoms with Gasteiger partial charge in [0.15, 0.2) is 6.04 Å². The van der Waals surface area contributed by atoms with Crippen LogP contribution in [0, 0.1) is 0 Å². The summed E-state index contributed by atoms with van der Waals surface area (Å²) in [6, 6.07) is 3.34. The van der Waals surface area contributed by atoms with Crippen molar-refractivity contribution in [3.8, 4) is 0 Å². The maximum absolute atomic E-state index is 13.1. The Labute approximate surface area is 207 Å². The van der Waals surface area contributed by atoms with Gasteiger partial charge in [0.05, 0.1) is 18.6 Å². The Morgan fingerprint density at radius 1 is 0.943 bits per heavy atom. The average Bonchev–Trinajstić information content (AvgIpc) is 2.79. The van der Waals surface area contributed by atoms with Crippen LogP contribution in [-0.2, 0) is 30.4 Å². The molecule has 8 N–H and O–H groups in total. The number of aliphatic hydroxyl groups excluding tert-OH is 1. The highest BCUT2D eigenvalue weighted by Gasteiger charge is 2.32. The number of nitrogens with two attached hydrogens (primary N) is 1. The first kappa shape index (κ1) is 29.9. The van der Waals surface area contributed by atoms with E-state index in [2.05, 4.69) is 16.0 Å². The lowest BCUT2D eigenvalue weighted by atomic mass is 10.0. The first-order valence-corrected chi connectivity index (χ1v) is 12.2. The quantitative estimate of drug-likeness (QED) is 0.148. The number of carbonyl (C=O) groups is 5. The zero-order valence-corrected chi connectivity index (χ0v) is 20.3. The summed E-state index contributed by atoms with van der Waals surface area (Å²) in [6.07, 6.45) is -0.0530. The van der Waals surface area contributed by atoms with Gasteiger partial charge in [-0.25, -0.2) is 4.79 Å². The first-order chi connectivity index (χ1) is 16.5. The van der Waals surface area contributed by atoms with E-state index < -0.39 is 66.4 Å². The van der Waals surface area contributed by atoms with E-state index in [-0.39, 0.29) is 12.8 Å². The van der Waals surface area contributed by atoms with Gasteiger partial charge in [-0.1, -0.05) is 30.3 Å². The minimum atomic E-state index is -1.60. The molecule has 1 aromatic rings. The molecule has 0 saturated heterocycles. The maximum Gasteiger partial charge on any atom is 0.328 e. The van der Waals surface area contributed by atoms with Crippen LogP contribution >= 0.6 is 11.8 Å². The van der Waals surface area contributed by atoms with Crippen LogP contribution in [0.2, 0.25) is 0 Å². The predicted molar refractivity (Wildman–Crippen MR) is 128 cm³/mol. The van der Waals surface area contributed by atoms with Crippen LogP contribution in [0.25, 0.3) is 0 Å². The van der Waals surface area contributed by atoms with Crippen molar-refractivity contribution in [1.82, 2.24) is 16.0 Å². The van der Waals surface area contributed by atoms with Crippen LogP contribution in [-0.4, -0.2) is 87.3 Å². The maximum atomic E-state index is 13.1. The molecule has 0 heterocycles. The fraction of sp³-hybridized carbons (Fsp3) is 0.500. The molecular weight excluding hydrogens is 480 g/mol. The molecule has 0 aliphatic carbocycles. The number of nitrogens with one attached hydrogen (secondary N) is 3. The number of carbonyl (C=O) groups excluding carboxylic acids is 3. The molecule has 35 heavy (non-hydrogen) atoms. The van der Waals surface area contributed by atoms with Gasteiger partial charge in [-0.3, -0.25) is 19.2 Å². The van der Waals surface area contributed by atoms with E-state index >= 15 is 0 Å². The van der Waals surface area contributed by atoms with Gasteiger partial charge in [0, 0.05) is 6.42 Å². The number of carboxylic acids is 2. The van der Waals surface area contributed by atoms with Crippen molar-refractivity contribution in [3.63, 3.8) is 0 Å². The van der Waals surface area contributed by atoms with Gasteiger partial charge in [-0.05, 0) is 30.9 Å².